The van der Waals surface area contributed by atoms with Crippen LogP contribution in [0.2, 0.25) is 0 Å². The molecule has 0 aliphatic carbocycles. The summed E-state index contributed by atoms with van der Waals surface area (Å²) in [6, 6.07) is 16.3. The fourth-order valence-corrected chi connectivity index (χ4v) is 5.56. The van der Waals surface area contributed by atoms with Crippen molar-refractivity contribution in [3.63, 3.8) is 0 Å². The second-order valence-corrected chi connectivity index (χ2v) is 9.99. The van der Waals surface area contributed by atoms with Crippen LogP contribution in [0.4, 0.5) is 0 Å². The zero-order valence-electron chi connectivity index (χ0n) is 16.6. The summed E-state index contributed by atoms with van der Waals surface area (Å²) in [7, 11) is -3.18. The van der Waals surface area contributed by atoms with Crippen LogP contribution in [0, 0.1) is 13.8 Å². The van der Waals surface area contributed by atoms with Crippen LogP contribution in [0.3, 0.4) is 0 Å². The molecule has 0 bridgehead atoms. The summed E-state index contributed by atoms with van der Waals surface area (Å²) >= 11 is 0. The molecule has 0 saturated carbocycles. The van der Waals surface area contributed by atoms with Crippen molar-refractivity contribution in [3.8, 4) is 0 Å². The van der Waals surface area contributed by atoms with E-state index in [1.807, 2.05) is 19.1 Å². The molecule has 2 aromatic rings. The third-order valence-corrected chi connectivity index (χ3v) is 6.96. The van der Waals surface area contributed by atoms with E-state index in [9.17, 15) is 13.5 Å². The first-order chi connectivity index (χ1) is 13.3. The zero-order valence-corrected chi connectivity index (χ0v) is 17.5. The van der Waals surface area contributed by atoms with Crippen LogP contribution in [-0.2, 0) is 22.9 Å². The minimum atomic E-state index is -3.18. The number of sulfone groups is 1. The van der Waals surface area contributed by atoms with Gasteiger partial charge in [-0.2, -0.15) is 0 Å². The fraction of sp³-hybridized carbons (Fsp3) is 0.455. The molecule has 0 unspecified atom stereocenters. The second-order valence-electron chi connectivity index (χ2n) is 7.83. The van der Waals surface area contributed by atoms with E-state index in [4.69, 9.17) is 0 Å². The first-order valence-corrected chi connectivity index (χ1v) is 11.6. The summed E-state index contributed by atoms with van der Waals surface area (Å²) in [5, 5.41) is 13.8. The molecule has 152 valence electrons. The number of benzene rings is 2. The maximum absolute atomic E-state index is 12.0. The Labute approximate surface area is 168 Å². The normalized spacial score (nSPS) is 21.3. The number of nitrogens with zero attached hydrogens (tertiary/aromatic N) is 1. The first kappa shape index (κ1) is 21.0. The Bertz CT molecular complexity index is 881. The van der Waals surface area contributed by atoms with Gasteiger partial charge in [-0.15, -0.1) is 0 Å². The molecule has 5 nitrogen and oxygen atoms in total. The minimum Gasteiger partial charge on any atom is -0.390 e. The maximum Gasteiger partial charge on any atom is 0.154 e. The van der Waals surface area contributed by atoms with E-state index >= 15 is 0 Å². The van der Waals surface area contributed by atoms with Crippen molar-refractivity contribution in [1.82, 2.24) is 10.2 Å². The van der Waals surface area contributed by atoms with Crippen molar-refractivity contribution in [1.29, 1.82) is 0 Å². The van der Waals surface area contributed by atoms with Crippen LogP contribution in [-0.4, -0.2) is 55.2 Å². The predicted molar refractivity (Wildman–Crippen MR) is 113 cm³/mol. The van der Waals surface area contributed by atoms with Crippen LogP contribution >= 0.6 is 0 Å². The van der Waals surface area contributed by atoms with Crippen LogP contribution in [0.1, 0.15) is 22.3 Å². The minimum absolute atomic E-state index is 0.0257. The van der Waals surface area contributed by atoms with Gasteiger partial charge in [0, 0.05) is 26.2 Å². The van der Waals surface area contributed by atoms with E-state index in [-0.39, 0.29) is 17.5 Å². The highest BCUT2D eigenvalue weighted by molar-refractivity contribution is 7.91. The molecule has 0 spiro atoms. The highest BCUT2D eigenvalue weighted by Gasteiger charge is 2.39. The number of hydrogen-bond donors (Lipinski definition) is 2. The van der Waals surface area contributed by atoms with Gasteiger partial charge in [0.1, 0.15) is 0 Å². The lowest BCUT2D eigenvalue weighted by Gasteiger charge is -2.30. The summed E-state index contributed by atoms with van der Waals surface area (Å²) in [4.78, 5) is 2.10. The molecule has 0 aromatic heterocycles. The molecule has 0 amide bonds. The van der Waals surface area contributed by atoms with Gasteiger partial charge in [0.15, 0.2) is 9.84 Å². The summed E-state index contributed by atoms with van der Waals surface area (Å²) < 4.78 is 24.0. The molecular formula is C22H30N2O3S. The summed E-state index contributed by atoms with van der Waals surface area (Å²) in [6.07, 6.45) is -0.827. The van der Waals surface area contributed by atoms with Crippen molar-refractivity contribution < 1.29 is 13.5 Å². The third kappa shape index (κ3) is 5.88. The Balaban J connectivity index is 1.63. The summed E-state index contributed by atoms with van der Waals surface area (Å²) in [5.74, 6) is -0.114. The predicted octanol–water partition coefficient (Wildman–Crippen LogP) is 2.05. The average molecular weight is 403 g/mol. The van der Waals surface area contributed by atoms with Gasteiger partial charge in [0.2, 0.25) is 0 Å². The molecule has 6 heteroatoms. The molecule has 2 aromatic carbocycles. The summed E-state index contributed by atoms with van der Waals surface area (Å²) in [5.41, 5.74) is 4.77. The molecular weight excluding hydrogens is 372 g/mol. The molecule has 0 radical (unpaired) electrons. The Kier molecular flexibility index (Phi) is 6.88. The molecule has 1 aliphatic rings. The molecule has 1 fully saturated rings. The van der Waals surface area contributed by atoms with Crippen molar-refractivity contribution >= 4 is 9.84 Å². The van der Waals surface area contributed by atoms with Crippen molar-refractivity contribution in [2.75, 3.05) is 24.6 Å². The smallest absolute Gasteiger partial charge is 0.154 e. The van der Waals surface area contributed by atoms with Gasteiger partial charge >= 0.3 is 0 Å². The van der Waals surface area contributed by atoms with Gasteiger partial charge in [-0.25, -0.2) is 8.42 Å². The number of aliphatic hydroxyl groups excluding tert-OH is 1. The quantitative estimate of drug-likeness (QED) is 0.662. The molecule has 2 atom stereocenters. The first-order valence-electron chi connectivity index (χ1n) is 9.77. The van der Waals surface area contributed by atoms with Crippen molar-refractivity contribution in [2.45, 2.75) is 39.1 Å². The lowest BCUT2D eigenvalue weighted by Crippen LogP contribution is -2.45. The van der Waals surface area contributed by atoms with Gasteiger partial charge in [0.25, 0.3) is 0 Å². The van der Waals surface area contributed by atoms with Gasteiger partial charge in [-0.3, -0.25) is 4.90 Å². The largest absolute Gasteiger partial charge is 0.390 e. The SMILES string of the molecule is Cc1ccc(CNCCN(Cc2cccc(C)c2)[C@H]2CS(=O)(=O)C[C@H]2O)cc1. The van der Waals surface area contributed by atoms with Gasteiger partial charge in [-0.1, -0.05) is 59.7 Å². The Hall–Kier alpha value is -1.73. The maximum atomic E-state index is 12.0. The number of rotatable bonds is 8. The van der Waals surface area contributed by atoms with Crippen LogP contribution in [0.15, 0.2) is 48.5 Å². The Morgan fingerprint density at radius 2 is 1.79 bits per heavy atom. The average Bonchev–Trinajstić information content (AvgIpc) is 2.91. The molecule has 3 rings (SSSR count). The molecule has 28 heavy (non-hydrogen) atoms. The third-order valence-electron chi connectivity index (χ3n) is 5.26. The van der Waals surface area contributed by atoms with Crippen molar-refractivity contribution in [3.05, 3.63) is 70.8 Å². The Morgan fingerprint density at radius 1 is 1.04 bits per heavy atom. The van der Waals surface area contributed by atoms with E-state index in [1.165, 1.54) is 16.7 Å². The van der Waals surface area contributed by atoms with E-state index < -0.39 is 15.9 Å². The van der Waals surface area contributed by atoms with E-state index in [2.05, 4.69) is 53.5 Å². The molecule has 1 aliphatic heterocycles. The van der Waals surface area contributed by atoms with Gasteiger partial charge < -0.3 is 10.4 Å². The topological polar surface area (TPSA) is 69.6 Å². The molecule has 1 heterocycles. The number of aryl methyl sites for hydroxylation is 2. The van der Waals surface area contributed by atoms with E-state index in [0.717, 1.165) is 18.7 Å². The highest BCUT2D eigenvalue weighted by Crippen LogP contribution is 2.21. The van der Waals surface area contributed by atoms with Crippen LogP contribution in [0.25, 0.3) is 0 Å². The lowest BCUT2D eigenvalue weighted by molar-refractivity contribution is 0.0786. The Morgan fingerprint density at radius 3 is 2.43 bits per heavy atom. The number of nitrogens with one attached hydrogen (secondary N) is 1. The zero-order chi connectivity index (χ0) is 20.1. The van der Waals surface area contributed by atoms with Crippen LogP contribution in [0.5, 0.6) is 0 Å². The highest BCUT2D eigenvalue weighted by atomic mass is 32.2. The standard InChI is InChI=1S/C22H30N2O3S/c1-17-6-8-19(9-7-17)13-23-10-11-24(14-20-5-3-4-18(2)12-20)21-15-28(26,27)16-22(21)25/h3-9,12,21-23,25H,10-11,13-16H2,1-2H3/t21-,22+/m0/s1. The molecule has 1 saturated heterocycles. The second kappa shape index (κ2) is 9.18. The fourth-order valence-electron chi connectivity index (χ4n) is 3.73. The van der Waals surface area contributed by atoms with Gasteiger partial charge in [0.05, 0.1) is 23.7 Å². The van der Waals surface area contributed by atoms with E-state index in [1.54, 1.807) is 0 Å². The van der Waals surface area contributed by atoms with Crippen molar-refractivity contribution in [2.24, 2.45) is 0 Å². The number of aliphatic hydroxyl groups is 1. The van der Waals surface area contributed by atoms with Gasteiger partial charge in [-0.05, 0) is 25.0 Å². The number of hydrogen-bond acceptors (Lipinski definition) is 5. The van der Waals surface area contributed by atoms with E-state index in [0.29, 0.717) is 13.1 Å². The molecule has 2 N–H and O–H groups in total. The lowest BCUT2D eigenvalue weighted by atomic mass is 10.1. The van der Waals surface area contributed by atoms with Crippen LogP contribution < -0.4 is 5.32 Å². The monoisotopic (exact) mass is 402 g/mol. The summed E-state index contributed by atoms with van der Waals surface area (Å²) in [6.45, 7) is 6.92.